The maximum absolute atomic E-state index is 6.41. The van der Waals surface area contributed by atoms with Gasteiger partial charge in [0.1, 0.15) is 0 Å². The molecule has 0 bridgehead atoms. The number of benzene rings is 1. The van der Waals surface area contributed by atoms with E-state index in [1.807, 2.05) is 0 Å². The van der Waals surface area contributed by atoms with Crippen LogP contribution in [-0.4, -0.2) is 26.4 Å². The van der Waals surface area contributed by atoms with Gasteiger partial charge in [0.05, 0.1) is 19.3 Å². The van der Waals surface area contributed by atoms with E-state index in [1.165, 1.54) is 19.3 Å². The second kappa shape index (κ2) is 5.75. The molecule has 1 heterocycles. The summed E-state index contributed by atoms with van der Waals surface area (Å²) in [6, 6.07) is 11.1. The highest BCUT2D eigenvalue weighted by atomic mass is 28.3. The van der Waals surface area contributed by atoms with Gasteiger partial charge in [0, 0.05) is 0 Å². The van der Waals surface area contributed by atoms with Crippen molar-refractivity contribution in [2.24, 2.45) is 0 Å². The second-order valence-corrected chi connectivity index (χ2v) is 13.7. The molecule has 126 valence electrons. The topological polar surface area (TPSA) is 18.5 Å². The Labute approximate surface area is 143 Å². The van der Waals surface area contributed by atoms with Gasteiger partial charge in [-0.3, -0.25) is 0 Å². The smallest absolute Gasteiger partial charge is 0.403 e. The van der Waals surface area contributed by atoms with Crippen molar-refractivity contribution in [3.05, 3.63) is 30.3 Å². The highest BCUT2D eigenvalue weighted by Crippen LogP contribution is 2.53. The molecule has 4 heteroatoms. The van der Waals surface area contributed by atoms with E-state index >= 15 is 0 Å². The summed E-state index contributed by atoms with van der Waals surface area (Å²) < 4.78 is 12.8. The average molecular weight is 330 g/mol. The van der Waals surface area contributed by atoms with Gasteiger partial charge in [0.15, 0.2) is 0 Å². The first-order valence-corrected chi connectivity index (χ1v) is 12.1. The molecule has 1 saturated carbocycles. The number of hydrogen-bond donors (Lipinski definition) is 0. The Morgan fingerprint density at radius 2 is 1.52 bits per heavy atom. The lowest BCUT2D eigenvalue weighted by molar-refractivity contribution is 0.00578. The van der Waals surface area contributed by atoms with Gasteiger partial charge in [-0.25, -0.2) is 0 Å². The highest BCUT2D eigenvalue weighted by molar-refractivity contribution is 6.91. The fourth-order valence-corrected chi connectivity index (χ4v) is 8.16. The van der Waals surface area contributed by atoms with Crippen LogP contribution >= 0.6 is 0 Å². The van der Waals surface area contributed by atoms with E-state index in [0.717, 1.165) is 5.54 Å². The first-order valence-electron chi connectivity index (χ1n) is 9.06. The molecular formula is C19H31BO2Si. The molecule has 23 heavy (non-hydrogen) atoms. The van der Waals surface area contributed by atoms with Gasteiger partial charge in [0.2, 0.25) is 0 Å². The molecule has 2 aliphatic rings. The van der Waals surface area contributed by atoms with Crippen LogP contribution < -0.4 is 5.19 Å². The summed E-state index contributed by atoms with van der Waals surface area (Å²) in [7, 11) is -1.57. The van der Waals surface area contributed by atoms with Crippen LogP contribution in [0, 0.1) is 0 Å². The molecule has 1 aliphatic carbocycles. The molecule has 2 nitrogen and oxygen atoms in total. The van der Waals surface area contributed by atoms with Crippen LogP contribution in [0.15, 0.2) is 30.3 Å². The lowest BCUT2D eigenvalue weighted by Gasteiger charge is -2.35. The monoisotopic (exact) mass is 330 g/mol. The van der Waals surface area contributed by atoms with Gasteiger partial charge in [0.25, 0.3) is 0 Å². The molecule has 1 aromatic rings. The van der Waals surface area contributed by atoms with E-state index in [9.17, 15) is 0 Å². The van der Waals surface area contributed by atoms with Crippen molar-refractivity contribution in [1.29, 1.82) is 0 Å². The Hall–Kier alpha value is -0.578. The third-order valence-corrected chi connectivity index (χ3v) is 11.0. The Morgan fingerprint density at radius 3 is 2.09 bits per heavy atom. The molecule has 3 rings (SSSR count). The van der Waals surface area contributed by atoms with Gasteiger partial charge >= 0.3 is 7.12 Å². The summed E-state index contributed by atoms with van der Waals surface area (Å²) in [4.78, 5) is 0. The molecule has 0 spiro atoms. The van der Waals surface area contributed by atoms with Crippen molar-refractivity contribution in [2.75, 3.05) is 0 Å². The van der Waals surface area contributed by atoms with Crippen molar-refractivity contribution < 1.29 is 9.31 Å². The Kier molecular flexibility index (Phi) is 4.31. The maximum Gasteiger partial charge on any atom is 0.461 e. The van der Waals surface area contributed by atoms with Crippen LogP contribution in [0.25, 0.3) is 0 Å². The Balaban J connectivity index is 1.84. The van der Waals surface area contributed by atoms with Gasteiger partial charge in [-0.15, -0.1) is 0 Å². The second-order valence-electron chi connectivity index (χ2n) is 8.91. The normalized spacial score (nSPS) is 29.9. The molecule has 1 saturated heterocycles. The molecule has 2 atom stereocenters. The largest absolute Gasteiger partial charge is 0.461 e. The fraction of sp³-hybridized carbons (Fsp3) is 0.684. The third-order valence-electron chi connectivity index (χ3n) is 6.64. The molecular weight excluding hydrogens is 299 g/mol. The predicted molar refractivity (Wildman–Crippen MR) is 101 cm³/mol. The van der Waals surface area contributed by atoms with Crippen LogP contribution in [0.3, 0.4) is 0 Å². The molecule has 1 aromatic carbocycles. The van der Waals surface area contributed by atoms with E-state index in [-0.39, 0.29) is 18.3 Å². The first-order chi connectivity index (χ1) is 10.7. The van der Waals surface area contributed by atoms with Gasteiger partial charge < -0.3 is 9.31 Å². The van der Waals surface area contributed by atoms with Crippen molar-refractivity contribution >= 4 is 20.4 Å². The SMILES string of the molecule is CC1(C)OB([C@@H]2CCC[C@@H]2[Si](C)(C)c2ccccc2)OC1(C)C. The number of rotatable bonds is 3. The van der Waals surface area contributed by atoms with Crippen LogP contribution in [0.1, 0.15) is 47.0 Å². The maximum atomic E-state index is 6.41. The van der Waals surface area contributed by atoms with Crippen LogP contribution in [-0.2, 0) is 9.31 Å². The lowest BCUT2D eigenvalue weighted by atomic mass is 9.70. The zero-order valence-corrected chi connectivity index (χ0v) is 16.6. The standard InChI is InChI=1S/C19H31BO2Si/c1-18(2)19(3,4)22-20(21-18)16-13-10-14-17(16)23(5,6)15-11-8-7-9-12-15/h7-9,11-12,16-17H,10,13-14H2,1-6H3/t16-,17+/m1/s1. The summed E-state index contributed by atoms with van der Waals surface area (Å²) in [6.45, 7) is 13.7. The summed E-state index contributed by atoms with van der Waals surface area (Å²) in [5.41, 5.74) is 0.298. The average Bonchev–Trinajstić information content (AvgIpc) is 3.03. The highest BCUT2D eigenvalue weighted by Gasteiger charge is 2.57. The Morgan fingerprint density at radius 1 is 0.957 bits per heavy atom. The van der Waals surface area contributed by atoms with E-state index in [4.69, 9.17) is 9.31 Å². The van der Waals surface area contributed by atoms with Crippen molar-refractivity contribution in [3.8, 4) is 0 Å². The van der Waals surface area contributed by atoms with E-state index in [2.05, 4.69) is 71.1 Å². The fourth-order valence-electron chi connectivity index (χ4n) is 4.36. The van der Waals surface area contributed by atoms with Crippen LogP contribution in [0.5, 0.6) is 0 Å². The first kappa shape index (κ1) is 17.3. The minimum absolute atomic E-state index is 0.0389. The van der Waals surface area contributed by atoms with Crippen LogP contribution in [0.4, 0.5) is 0 Å². The van der Waals surface area contributed by atoms with E-state index in [0.29, 0.717) is 5.82 Å². The van der Waals surface area contributed by atoms with Gasteiger partial charge in [-0.05, 0) is 39.1 Å². The zero-order valence-electron chi connectivity index (χ0n) is 15.6. The van der Waals surface area contributed by atoms with Crippen molar-refractivity contribution in [1.82, 2.24) is 0 Å². The predicted octanol–water partition coefficient (Wildman–Crippen LogP) is 4.62. The minimum Gasteiger partial charge on any atom is -0.403 e. The summed E-state index contributed by atoms with van der Waals surface area (Å²) in [6.07, 6.45) is 3.87. The quantitative estimate of drug-likeness (QED) is 0.753. The summed E-state index contributed by atoms with van der Waals surface area (Å²) in [5, 5.41) is 1.56. The van der Waals surface area contributed by atoms with Gasteiger partial charge in [-0.2, -0.15) is 0 Å². The molecule has 1 aliphatic heterocycles. The van der Waals surface area contributed by atoms with E-state index in [1.54, 1.807) is 5.19 Å². The van der Waals surface area contributed by atoms with Crippen LogP contribution in [0.2, 0.25) is 24.5 Å². The molecule has 0 aromatic heterocycles. The zero-order chi connectivity index (χ0) is 16.9. The lowest BCUT2D eigenvalue weighted by Crippen LogP contribution is -2.48. The third kappa shape index (κ3) is 2.94. The number of hydrogen-bond acceptors (Lipinski definition) is 2. The molecule has 0 radical (unpaired) electrons. The molecule has 0 unspecified atom stereocenters. The van der Waals surface area contributed by atoms with Gasteiger partial charge in [-0.1, -0.05) is 67.9 Å². The molecule has 2 fully saturated rings. The summed E-state index contributed by atoms with van der Waals surface area (Å²) in [5.74, 6) is 0.540. The van der Waals surface area contributed by atoms with Crippen molar-refractivity contribution in [2.45, 2.75) is 82.6 Å². The van der Waals surface area contributed by atoms with E-state index < -0.39 is 8.07 Å². The molecule has 0 amide bonds. The van der Waals surface area contributed by atoms with Crippen molar-refractivity contribution in [3.63, 3.8) is 0 Å². The Bertz CT molecular complexity index is 540. The molecule has 0 N–H and O–H groups in total. The minimum atomic E-state index is -1.53. The summed E-state index contributed by atoms with van der Waals surface area (Å²) >= 11 is 0.